The van der Waals surface area contributed by atoms with E-state index in [1.54, 1.807) is 7.11 Å². The Kier molecular flexibility index (Phi) is 6.03. The minimum Gasteiger partial charge on any atom is -0.385 e. The van der Waals surface area contributed by atoms with Crippen LogP contribution in [0.1, 0.15) is 45.4 Å². The SMILES string of the molecule is CCC1CCCCN1C(=O)C1CC(=O)N(CCCOC)C1. The van der Waals surface area contributed by atoms with Gasteiger partial charge in [0.2, 0.25) is 11.8 Å². The largest absolute Gasteiger partial charge is 0.385 e. The van der Waals surface area contributed by atoms with Crippen molar-refractivity contribution in [2.45, 2.75) is 51.5 Å². The van der Waals surface area contributed by atoms with E-state index in [9.17, 15) is 9.59 Å². The van der Waals surface area contributed by atoms with Crippen molar-refractivity contribution in [3.8, 4) is 0 Å². The lowest BCUT2D eigenvalue weighted by Gasteiger charge is -2.36. The molecule has 2 saturated heterocycles. The molecule has 2 atom stereocenters. The summed E-state index contributed by atoms with van der Waals surface area (Å²) in [6, 6.07) is 0.379. The van der Waals surface area contributed by atoms with Gasteiger partial charge < -0.3 is 14.5 Å². The van der Waals surface area contributed by atoms with E-state index in [4.69, 9.17) is 4.74 Å². The summed E-state index contributed by atoms with van der Waals surface area (Å²) in [5.41, 5.74) is 0. The molecule has 0 saturated carbocycles. The predicted molar refractivity (Wildman–Crippen MR) is 80.8 cm³/mol. The summed E-state index contributed by atoms with van der Waals surface area (Å²) in [7, 11) is 1.67. The molecule has 0 aliphatic carbocycles. The van der Waals surface area contributed by atoms with Crippen LogP contribution in [-0.2, 0) is 14.3 Å². The zero-order valence-corrected chi connectivity index (χ0v) is 13.3. The summed E-state index contributed by atoms with van der Waals surface area (Å²) in [5.74, 6) is 0.186. The first kappa shape index (κ1) is 16.3. The highest BCUT2D eigenvalue weighted by molar-refractivity contribution is 5.89. The normalized spacial score (nSPS) is 26.5. The standard InChI is InChI=1S/C16H28N2O3/c1-3-14-7-4-5-9-18(14)16(20)13-11-15(19)17(12-13)8-6-10-21-2/h13-14H,3-12H2,1-2H3. The molecule has 2 rings (SSSR count). The predicted octanol–water partition coefficient (Wildman–Crippen LogP) is 1.66. The highest BCUT2D eigenvalue weighted by atomic mass is 16.5. The van der Waals surface area contributed by atoms with Gasteiger partial charge in [0.05, 0.1) is 5.92 Å². The van der Waals surface area contributed by atoms with E-state index >= 15 is 0 Å². The second-order valence-corrected chi connectivity index (χ2v) is 6.18. The van der Waals surface area contributed by atoms with Crippen LogP contribution in [0.2, 0.25) is 0 Å². The lowest BCUT2D eigenvalue weighted by molar-refractivity contribution is -0.139. The Balaban J connectivity index is 1.89. The molecule has 2 heterocycles. The van der Waals surface area contributed by atoms with Crippen LogP contribution in [0, 0.1) is 5.92 Å². The Labute approximate surface area is 127 Å². The van der Waals surface area contributed by atoms with Crippen molar-refractivity contribution >= 4 is 11.8 Å². The van der Waals surface area contributed by atoms with Crippen molar-refractivity contribution in [2.24, 2.45) is 5.92 Å². The molecule has 21 heavy (non-hydrogen) atoms. The van der Waals surface area contributed by atoms with E-state index in [2.05, 4.69) is 6.92 Å². The van der Waals surface area contributed by atoms with E-state index in [-0.39, 0.29) is 17.7 Å². The van der Waals surface area contributed by atoms with Crippen LogP contribution < -0.4 is 0 Å². The van der Waals surface area contributed by atoms with Crippen molar-refractivity contribution in [1.82, 2.24) is 9.80 Å². The molecule has 2 aliphatic rings. The first-order valence-corrected chi connectivity index (χ1v) is 8.24. The highest BCUT2D eigenvalue weighted by Crippen LogP contribution is 2.26. The molecule has 0 aromatic carbocycles. The smallest absolute Gasteiger partial charge is 0.228 e. The number of likely N-dealkylation sites (tertiary alicyclic amines) is 2. The van der Waals surface area contributed by atoms with Crippen LogP contribution in [-0.4, -0.2) is 61.0 Å². The maximum Gasteiger partial charge on any atom is 0.228 e. The maximum atomic E-state index is 12.7. The molecular weight excluding hydrogens is 268 g/mol. The molecule has 0 aromatic heterocycles. The van der Waals surface area contributed by atoms with Gasteiger partial charge in [-0.1, -0.05) is 6.92 Å². The fourth-order valence-electron chi connectivity index (χ4n) is 3.50. The topological polar surface area (TPSA) is 49.9 Å². The summed E-state index contributed by atoms with van der Waals surface area (Å²) >= 11 is 0. The number of hydrogen-bond acceptors (Lipinski definition) is 3. The van der Waals surface area contributed by atoms with E-state index in [1.807, 2.05) is 9.80 Å². The van der Waals surface area contributed by atoms with E-state index in [0.29, 0.717) is 32.2 Å². The van der Waals surface area contributed by atoms with Gasteiger partial charge in [-0.05, 0) is 32.1 Å². The third-order valence-corrected chi connectivity index (χ3v) is 4.72. The summed E-state index contributed by atoms with van der Waals surface area (Å²) in [6.45, 7) is 4.97. The molecule has 5 heteroatoms. The third kappa shape index (κ3) is 3.96. The molecular formula is C16H28N2O3. The van der Waals surface area contributed by atoms with Gasteiger partial charge in [0.25, 0.3) is 0 Å². The first-order chi connectivity index (χ1) is 10.2. The van der Waals surface area contributed by atoms with Crippen molar-refractivity contribution in [1.29, 1.82) is 0 Å². The zero-order valence-electron chi connectivity index (χ0n) is 13.3. The molecule has 0 aromatic rings. The average Bonchev–Trinajstić information content (AvgIpc) is 2.88. The fraction of sp³-hybridized carbons (Fsp3) is 0.875. The minimum atomic E-state index is -0.132. The van der Waals surface area contributed by atoms with Gasteiger partial charge in [0, 0.05) is 45.8 Å². The van der Waals surface area contributed by atoms with Gasteiger partial charge in [-0.25, -0.2) is 0 Å². The summed E-state index contributed by atoms with van der Waals surface area (Å²) in [6.07, 6.45) is 5.67. The van der Waals surface area contributed by atoms with Crippen LogP contribution in [0.15, 0.2) is 0 Å². The van der Waals surface area contributed by atoms with Crippen LogP contribution in [0.5, 0.6) is 0 Å². The highest BCUT2D eigenvalue weighted by Gasteiger charge is 2.38. The summed E-state index contributed by atoms with van der Waals surface area (Å²) < 4.78 is 5.02. The maximum absolute atomic E-state index is 12.7. The Morgan fingerprint density at radius 2 is 2.19 bits per heavy atom. The second-order valence-electron chi connectivity index (χ2n) is 6.18. The van der Waals surface area contributed by atoms with E-state index in [0.717, 1.165) is 32.2 Å². The van der Waals surface area contributed by atoms with Crippen molar-refractivity contribution in [3.63, 3.8) is 0 Å². The molecule has 2 aliphatic heterocycles. The lowest BCUT2D eigenvalue weighted by atomic mass is 9.97. The van der Waals surface area contributed by atoms with Crippen LogP contribution in [0.3, 0.4) is 0 Å². The molecule has 0 spiro atoms. The fourth-order valence-corrected chi connectivity index (χ4v) is 3.50. The number of hydrogen-bond donors (Lipinski definition) is 0. The second kappa shape index (κ2) is 7.78. The summed E-state index contributed by atoms with van der Waals surface area (Å²) in [4.78, 5) is 28.6. The van der Waals surface area contributed by atoms with E-state index < -0.39 is 0 Å². The van der Waals surface area contributed by atoms with Gasteiger partial charge in [0.1, 0.15) is 0 Å². The molecule has 2 fully saturated rings. The number of amides is 2. The Bertz CT molecular complexity index is 373. The Morgan fingerprint density at radius 1 is 1.38 bits per heavy atom. The van der Waals surface area contributed by atoms with Crippen molar-refractivity contribution in [3.05, 3.63) is 0 Å². The van der Waals surface area contributed by atoms with E-state index in [1.165, 1.54) is 6.42 Å². The number of carbonyl (C=O) groups is 2. The number of nitrogens with zero attached hydrogens (tertiary/aromatic N) is 2. The number of rotatable bonds is 6. The van der Waals surface area contributed by atoms with Gasteiger partial charge in [0.15, 0.2) is 0 Å². The van der Waals surface area contributed by atoms with Crippen molar-refractivity contribution < 1.29 is 14.3 Å². The lowest BCUT2D eigenvalue weighted by Crippen LogP contribution is -2.46. The van der Waals surface area contributed by atoms with Crippen molar-refractivity contribution in [2.75, 3.05) is 33.4 Å². The third-order valence-electron chi connectivity index (χ3n) is 4.72. The minimum absolute atomic E-state index is 0.120. The monoisotopic (exact) mass is 296 g/mol. The molecule has 0 N–H and O–H groups in total. The Morgan fingerprint density at radius 3 is 2.90 bits per heavy atom. The average molecular weight is 296 g/mol. The number of ether oxygens (including phenoxy) is 1. The number of methoxy groups -OCH3 is 1. The van der Waals surface area contributed by atoms with Crippen LogP contribution >= 0.6 is 0 Å². The van der Waals surface area contributed by atoms with Gasteiger partial charge >= 0.3 is 0 Å². The first-order valence-electron chi connectivity index (χ1n) is 8.24. The van der Waals surface area contributed by atoms with Crippen LogP contribution in [0.25, 0.3) is 0 Å². The molecule has 0 radical (unpaired) electrons. The molecule has 120 valence electrons. The zero-order chi connectivity index (χ0) is 15.2. The van der Waals surface area contributed by atoms with Gasteiger partial charge in [-0.15, -0.1) is 0 Å². The molecule has 2 unspecified atom stereocenters. The quantitative estimate of drug-likeness (QED) is 0.701. The Hall–Kier alpha value is -1.10. The molecule has 2 amide bonds. The van der Waals surface area contributed by atoms with Gasteiger partial charge in [-0.2, -0.15) is 0 Å². The van der Waals surface area contributed by atoms with Gasteiger partial charge in [-0.3, -0.25) is 9.59 Å². The number of carbonyl (C=O) groups excluding carboxylic acids is 2. The molecule has 0 bridgehead atoms. The summed E-state index contributed by atoms with van der Waals surface area (Å²) in [5, 5.41) is 0. The number of piperidine rings is 1. The molecule has 5 nitrogen and oxygen atoms in total. The van der Waals surface area contributed by atoms with Crippen LogP contribution in [0.4, 0.5) is 0 Å².